The van der Waals surface area contributed by atoms with E-state index in [9.17, 15) is 44.1 Å². The van der Waals surface area contributed by atoms with E-state index in [0.29, 0.717) is 100 Å². The largest absolute Gasteiger partial charge is 0.460 e. The smallest absolute Gasteiger partial charge is 0.329 e. The topological polar surface area (TPSA) is 282 Å². The zero-order valence-electron chi connectivity index (χ0n) is 61.2. The number of nitrogens with zero attached hydrogens (tertiary/aromatic N) is 6. The first-order valence-corrected chi connectivity index (χ1v) is 36.6. The Morgan fingerprint density at radius 1 is 0.814 bits per heavy atom. The van der Waals surface area contributed by atoms with Crippen molar-refractivity contribution in [1.82, 2.24) is 29.7 Å². The lowest BCUT2D eigenvalue weighted by molar-refractivity contribution is -0.266. The van der Waals surface area contributed by atoms with Gasteiger partial charge in [-0.1, -0.05) is 89.3 Å². The first-order valence-electron chi connectivity index (χ1n) is 36.6. The number of allylic oxidation sites excluding steroid dienone is 6. The molecule has 4 aromatic rings. The van der Waals surface area contributed by atoms with E-state index >= 15 is 0 Å². The maximum Gasteiger partial charge on any atom is 0.329 e. The summed E-state index contributed by atoms with van der Waals surface area (Å²) < 4.78 is 30.9. The highest BCUT2D eigenvalue weighted by atomic mass is 16.6. The summed E-state index contributed by atoms with van der Waals surface area (Å²) in [6.45, 7) is 19.7. The van der Waals surface area contributed by atoms with E-state index in [1.165, 1.54) is 12.0 Å². The van der Waals surface area contributed by atoms with Crippen LogP contribution in [0.25, 0.3) is 11.3 Å². The maximum absolute atomic E-state index is 14.7. The van der Waals surface area contributed by atoms with Crippen LogP contribution in [0, 0.1) is 42.4 Å². The first-order chi connectivity index (χ1) is 48.9. The van der Waals surface area contributed by atoms with Gasteiger partial charge in [0.1, 0.15) is 30.1 Å². The predicted octanol–water partition coefficient (Wildman–Crippen LogP) is 10.5. The molecule has 2 amide bonds. The van der Waals surface area contributed by atoms with Crippen molar-refractivity contribution in [1.29, 1.82) is 0 Å². The molecule has 0 radical (unpaired) electrons. The number of fused-ring (bicyclic) bond motifs is 3. The number of rotatable bonds is 16. The highest BCUT2D eigenvalue weighted by Crippen LogP contribution is 2.39. The number of anilines is 3. The zero-order valence-corrected chi connectivity index (χ0v) is 61.2. The molecule has 9 rings (SSSR count). The van der Waals surface area contributed by atoms with Crippen molar-refractivity contribution < 1.29 is 67.8 Å². The number of ether oxygens (including phenoxy) is 5. The lowest BCUT2D eigenvalue weighted by Crippen LogP contribution is -2.61. The molecular formula is C80H108N8O14. The van der Waals surface area contributed by atoms with E-state index < -0.39 is 83.9 Å². The van der Waals surface area contributed by atoms with E-state index in [0.717, 1.165) is 59.8 Å². The van der Waals surface area contributed by atoms with Gasteiger partial charge in [0.2, 0.25) is 11.7 Å². The van der Waals surface area contributed by atoms with Gasteiger partial charge in [0.05, 0.1) is 36.7 Å². The molecule has 2 aromatic heterocycles. The van der Waals surface area contributed by atoms with Crippen molar-refractivity contribution in [2.45, 2.75) is 194 Å². The normalized spacial score (nSPS) is 31.1. The molecule has 1 unspecified atom stereocenters. The SMILES string of the molecule is CO[C@@H]1C[C@@H](CC(C)[C@@H]2CC(=O)[C@H](C)/C=C(\C)[C@@H](O)[C@@H](OC)C(=O)[C@H](C)C[C@H](C)/C=C/C=C/C=C(/C)[C@@H](OCCN3CCN(Cc4ccc(C(=O)Nc5ccc(C)c(Nc6nccc(-c7cccnc7)n6)c5)cc4)CC3)C[C@@H]3CC[C@@H](C)[C@@](O)(O3)C(=O)C(=O)N3CCCC[C@H]3C(=O)O2)CC[C@H]1O. The van der Waals surface area contributed by atoms with E-state index in [2.05, 4.69) is 35.4 Å². The summed E-state index contributed by atoms with van der Waals surface area (Å²) in [6, 6.07) is 17.8. The number of nitrogens with one attached hydrogen (secondary N) is 2. The number of aryl methyl sites for hydroxylation is 1. The van der Waals surface area contributed by atoms with Crippen LogP contribution >= 0.6 is 0 Å². The number of pyridine rings is 1. The Kier molecular flexibility index (Phi) is 28.7. The number of piperazine rings is 1. The summed E-state index contributed by atoms with van der Waals surface area (Å²) >= 11 is 0. The molecule has 6 heterocycles. The molecular weight excluding hydrogens is 1300 g/mol. The summed E-state index contributed by atoms with van der Waals surface area (Å²) in [7, 11) is 2.95. The van der Waals surface area contributed by atoms with Gasteiger partial charge in [-0.3, -0.25) is 38.8 Å². The van der Waals surface area contributed by atoms with Gasteiger partial charge in [0.25, 0.3) is 17.6 Å². The van der Waals surface area contributed by atoms with Crippen molar-refractivity contribution >= 4 is 52.5 Å². The first kappa shape index (κ1) is 78.6. The molecule has 102 heavy (non-hydrogen) atoms. The van der Waals surface area contributed by atoms with Crippen LogP contribution in [0.4, 0.5) is 17.3 Å². The van der Waals surface area contributed by atoms with Crippen molar-refractivity contribution in [3.8, 4) is 11.3 Å². The van der Waals surface area contributed by atoms with Gasteiger partial charge in [-0.25, -0.2) is 14.8 Å². The fourth-order valence-electron chi connectivity index (χ4n) is 14.8. The minimum absolute atomic E-state index is 0.0326. The van der Waals surface area contributed by atoms with Crippen LogP contribution < -0.4 is 10.6 Å². The average Bonchev–Trinajstić information content (AvgIpc) is 0.772. The Hall–Kier alpha value is -7.51. The van der Waals surface area contributed by atoms with Crippen LogP contribution in [0.3, 0.4) is 0 Å². The molecule has 22 nitrogen and oxygen atoms in total. The van der Waals surface area contributed by atoms with Crippen LogP contribution in [-0.4, -0.2) is 195 Å². The Balaban J connectivity index is 0.853. The van der Waals surface area contributed by atoms with Crippen LogP contribution in [-0.2, 0) is 54.2 Å². The van der Waals surface area contributed by atoms with Crippen molar-refractivity contribution in [2.75, 3.05) is 70.7 Å². The van der Waals surface area contributed by atoms with Crippen LogP contribution in [0.5, 0.6) is 0 Å². The highest BCUT2D eigenvalue weighted by molar-refractivity contribution is 6.39. The number of piperidine rings is 1. The van der Waals surface area contributed by atoms with Crippen LogP contribution in [0.2, 0.25) is 0 Å². The summed E-state index contributed by atoms with van der Waals surface area (Å²) in [6.07, 6.45) is 15.8. The molecule has 3 saturated heterocycles. The second-order valence-electron chi connectivity index (χ2n) is 29.2. The number of aliphatic hydroxyl groups excluding tert-OH is 2. The Morgan fingerprint density at radius 3 is 2.31 bits per heavy atom. The Bertz CT molecular complexity index is 3610. The monoisotopic (exact) mass is 1400 g/mol. The van der Waals surface area contributed by atoms with Crippen molar-refractivity contribution in [3.63, 3.8) is 0 Å². The number of aromatic nitrogens is 3. The summed E-state index contributed by atoms with van der Waals surface area (Å²) in [5, 5.41) is 41.1. The van der Waals surface area contributed by atoms with E-state index in [1.807, 2.05) is 126 Å². The molecule has 4 fully saturated rings. The highest BCUT2D eigenvalue weighted by Gasteiger charge is 2.53. The Labute approximate surface area is 601 Å². The second-order valence-corrected chi connectivity index (χ2v) is 29.2. The molecule has 552 valence electrons. The fraction of sp³-hybridized carbons (Fsp3) is 0.562. The number of carbonyl (C=O) groups excluding carboxylic acids is 6. The lowest BCUT2D eigenvalue weighted by atomic mass is 9.78. The van der Waals surface area contributed by atoms with Crippen LogP contribution in [0.1, 0.15) is 147 Å². The third-order valence-corrected chi connectivity index (χ3v) is 21.4. The predicted molar refractivity (Wildman–Crippen MR) is 390 cm³/mol. The van der Waals surface area contributed by atoms with Gasteiger partial charge in [-0.2, -0.15) is 0 Å². The molecule has 2 bridgehead atoms. The van der Waals surface area contributed by atoms with E-state index in [1.54, 1.807) is 52.5 Å². The molecule has 4 aliphatic heterocycles. The number of hydrogen-bond donors (Lipinski definition) is 5. The molecule has 1 aliphatic carbocycles. The number of hydrogen-bond acceptors (Lipinski definition) is 20. The van der Waals surface area contributed by atoms with Gasteiger partial charge in [0.15, 0.2) is 5.78 Å². The van der Waals surface area contributed by atoms with Crippen molar-refractivity contribution in [3.05, 3.63) is 144 Å². The number of benzene rings is 2. The Morgan fingerprint density at radius 2 is 1.58 bits per heavy atom. The second kappa shape index (κ2) is 37.3. The standard InChI is InChI=1S/C80H108N8O14/c1-50-17-12-11-13-18-52(3)69(100-40-39-86-35-37-87(38-36-86)49-58-23-26-60(27-24-58)76(94)83-62-28-21-51(2)65(45-62)85-79-82-33-31-64(84-79)61-19-16-32-81-48-61)46-63-29-22-57(8)80(97,102-63)75(93)77(95)88-34-15-14-20-66(88)78(96)101-70(54(5)43-59-25-30-67(89)71(44-59)98-9)47-68(90)53(4)42-56(7)73(92)74(99-10)72(91)55(6)41-50/h11-13,16-19,21,23-24,26-28,31-33,42,45,48,50,53-55,57,59,63,66-67,69-71,73-74,89,92,97H,14-15,20,22,25,29-30,34-41,43-44,46-47,49H2,1-10H3,(H,83,94)(H,82,84,85)/b13-11+,17-12+,52-18-,56-42+/t50-,53-,54?,55-,57-,59-,63+,66+,67-,69+,70+,71-,73-,74+,80-/m1/s1. The zero-order chi connectivity index (χ0) is 73.2. The molecule has 0 spiro atoms. The number of esters is 1. The summed E-state index contributed by atoms with van der Waals surface area (Å²) in [4.78, 5) is 105. The number of Topliss-reactive ketones (excluding diaryl/α,β-unsaturated/α-hetero) is 3. The molecule has 5 aliphatic rings. The number of carbonyl (C=O) groups is 6. The number of ketones is 3. The minimum Gasteiger partial charge on any atom is -0.460 e. The molecule has 15 atom stereocenters. The summed E-state index contributed by atoms with van der Waals surface area (Å²) in [5.74, 6) is -8.20. The van der Waals surface area contributed by atoms with Crippen molar-refractivity contribution in [2.24, 2.45) is 35.5 Å². The average molecular weight is 1410 g/mol. The van der Waals surface area contributed by atoms with Gasteiger partial charge in [-0.05, 0) is 167 Å². The number of amides is 2. The minimum atomic E-state index is -2.51. The van der Waals surface area contributed by atoms with Crippen LogP contribution in [0.15, 0.2) is 127 Å². The van der Waals surface area contributed by atoms with Gasteiger partial charge >= 0.3 is 5.97 Å². The van der Waals surface area contributed by atoms with E-state index in [-0.39, 0.29) is 67.1 Å². The van der Waals surface area contributed by atoms with Gasteiger partial charge in [-0.15, -0.1) is 0 Å². The maximum atomic E-state index is 14.7. The fourth-order valence-corrected chi connectivity index (χ4v) is 14.8. The molecule has 5 N–H and O–H groups in total. The number of methoxy groups -OCH3 is 2. The molecule has 1 saturated carbocycles. The van der Waals surface area contributed by atoms with Gasteiger partial charge in [0, 0.05) is 132 Å². The quantitative estimate of drug-likeness (QED) is 0.0396. The van der Waals surface area contributed by atoms with Gasteiger partial charge < -0.3 is 54.5 Å². The third kappa shape index (κ3) is 21.1. The molecule has 22 heteroatoms. The number of aliphatic hydroxyl groups is 3. The van der Waals surface area contributed by atoms with E-state index in [4.69, 9.17) is 23.7 Å². The third-order valence-electron chi connectivity index (χ3n) is 21.4. The molecule has 2 aromatic carbocycles. The lowest BCUT2D eigenvalue weighted by Gasteiger charge is -2.43. The number of cyclic esters (lactones) is 1. The summed E-state index contributed by atoms with van der Waals surface area (Å²) in [5.41, 5.74) is 6.81.